The van der Waals surface area contributed by atoms with Gasteiger partial charge in [0.25, 0.3) is 5.91 Å². The molecule has 0 atom stereocenters. The van der Waals surface area contributed by atoms with Gasteiger partial charge in [-0.1, -0.05) is 30.3 Å². The van der Waals surface area contributed by atoms with Crippen molar-refractivity contribution < 1.29 is 9.53 Å². The highest BCUT2D eigenvalue weighted by molar-refractivity contribution is 5.92. The number of pyridine rings is 1. The van der Waals surface area contributed by atoms with Crippen LogP contribution in [0.2, 0.25) is 0 Å². The minimum absolute atomic E-state index is 0.179. The van der Waals surface area contributed by atoms with E-state index in [1.807, 2.05) is 79.7 Å². The number of anilines is 2. The average molecular weight is 376 g/mol. The van der Waals surface area contributed by atoms with Crippen LogP contribution in [0.15, 0.2) is 72.9 Å². The molecule has 2 N–H and O–H groups in total. The Morgan fingerprint density at radius 2 is 1.75 bits per heavy atom. The fraction of sp³-hybridized carbons (Fsp3) is 0.182. The van der Waals surface area contributed by atoms with Crippen LogP contribution in [0.4, 0.5) is 11.4 Å². The van der Waals surface area contributed by atoms with Gasteiger partial charge in [-0.15, -0.1) is 0 Å². The van der Waals surface area contributed by atoms with E-state index in [0.717, 1.165) is 23.7 Å². The van der Waals surface area contributed by atoms with E-state index >= 15 is 0 Å². The van der Waals surface area contributed by atoms with E-state index in [1.165, 1.54) is 0 Å². The highest BCUT2D eigenvalue weighted by Crippen LogP contribution is 2.31. The molecule has 3 rings (SSSR count). The van der Waals surface area contributed by atoms with Gasteiger partial charge in [0.2, 0.25) is 0 Å². The van der Waals surface area contributed by atoms with Gasteiger partial charge in [-0.2, -0.15) is 0 Å². The first-order chi connectivity index (χ1) is 13.6. The molecule has 3 aromatic rings. The van der Waals surface area contributed by atoms with Crippen molar-refractivity contribution in [3.8, 4) is 11.5 Å². The fourth-order valence-corrected chi connectivity index (χ4v) is 2.52. The van der Waals surface area contributed by atoms with Crippen molar-refractivity contribution in [2.45, 2.75) is 0 Å². The van der Waals surface area contributed by atoms with E-state index in [2.05, 4.69) is 15.6 Å². The average Bonchev–Trinajstić information content (AvgIpc) is 2.70. The highest BCUT2D eigenvalue weighted by Gasteiger charge is 2.08. The van der Waals surface area contributed by atoms with E-state index in [0.29, 0.717) is 18.0 Å². The number of carbonyl (C=O) groups excluding carboxylic acids is 1. The Labute approximate surface area is 165 Å². The van der Waals surface area contributed by atoms with Crippen LogP contribution in [-0.2, 0) is 0 Å². The Hall–Kier alpha value is -3.38. The lowest BCUT2D eigenvalue weighted by Crippen LogP contribution is -2.31. The van der Waals surface area contributed by atoms with E-state index in [1.54, 1.807) is 12.3 Å². The number of hydrogen-bond acceptors (Lipinski definition) is 5. The van der Waals surface area contributed by atoms with Gasteiger partial charge in [-0.3, -0.25) is 4.79 Å². The standard InChI is InChI=1S/C22H24N4O2/c1-26(2)15-14-23-22(27)20-13-12-17(16-24-20)25-19-10-6-7-11-21(19)28-18-8-4-3-5-9-18/h3-13,16,25H,14-15H2,1-2H3,(H,23,27). The Kier molecular flexibility index (Phi) is 6.59. The van der Waals surface area contributed by atoms with Crippen LogP contribution >= 0.6 is 0 Å². The number of carbonyl (C=O) groups is 1. The van der Waals surface area contributed by atoms with Crippen LogP contribution in [-0.4, -0.2) is 43.0 Å². The lowest BCUT2D eigenvalue weighted by molar-refractivity contribution is 0.0946. The first-order valence-electron chi connectivity index (χ1n) is 9.10. The smallest absolute Gasteiger partial charge is 0.269 e. The van der Waals surface area contributed by atoms with Gasteiger partial charge in [0.05, 0.1) is 17.6 Å². The molecular weight excluding hydrogens is 352 g/mol. The molecular formula is C22H24N4O2. The fourth-order valence-electron chi connectivity index (χ4n) is 2.52. The predicted molar refractivity (Wildman–Crippen MR) is 111 cm³/mol. The zero-order valence-corrected chi connectivity index (χ0v) is 16.1. The zero-order chi connectivity index (χ0) is 19.8. The van der Waals surface area contributed by atoms with Crippen LogP contribution in [0, 0.1) is 0 Å². The zero-order valence-electron chi connectivity index (χ0n) is 16.1. The molecule has 1 amide bonds. The molecule has 0 saturated heterocycles. The molecule has 2 aromatic carbocycles. The Morgan fingerprint density at radius 3 is 2.46 bits per heavy atom. The molecule has 0 bridgehead atoms. The largest absolute Gasteiger partial charge is 0.455 e. The highest BCUT2D eigenvalue weighted by atomic mass is 16.5. The normalized spacial score (nSPS) is 10.5. The third-order valence-electron chi connectivity index (χ3n) is 3.98. The molecule has 0 fully saturated rings. The van der Waals surface area contributed by atoms with Gasteiger partial charge in [-0.25, -0.2) is 4.98 Å². The summed E-state index contributed by atoms with van der Waals surface area (Å²) in [5.41, 5.74) is 1.98. The molecule has 0 aliphatic carbocycles. The molecule has 144 valence electrons. The van der Waals surface area contributed by atoms with Gasteiger partial charge in [0.15, 0.2) is 5.75 Å². The first-order valence-corrected chi connectivity index (χ1v) is 9.10. The molecule has 1 heterocycles. The third-order valence-corrected chi connectivity index (χ3v) is 3.98. The number of aromatic nitrogens is 1. The second-order valence-corrected chi connectivity index (χ2v) is 6.53. The van der Waals surface area contributed by atoms with Crippen molar-refractivity contribution >= 4 is 17.3 Å². The lowest BCUT2D eigenvalue weighted by atomic mass is 10.2. The summed E-state index contributed by atoms with van der Waals surface area (Å²) in [6, 6.07) is 20.8. The number of para-hydroxylation sites is 3. The number of rotatable bonds is 8. The van der Waals surface area contributed by atoms with Crippen molar-refractivity contribution in [1.29, 1.82) is 0 Å². The van der Waals surface area contributed by atoms with E-state index in [4.69, 9.17) is 4.74 Å². The maximum atomic E-state index is 12.1. The van der Waals surface area contributed by atoms with Gasteiger partial charge in [0.1, 0.15) is 11.4 Å². The Balaban J connectivity index is 1.65. The summed E-state index contributed by atoms with van der Waals surface area (Å²) in [7, 11) is 3.93. The van der Waals surface area contributed by atoms with Crippen LogP contribution < -0.4 is 15.4 Å². The summed E-state index contributed by atoms with van der Waals surface area (Å²) >= 11 is 0. The molecule has 0 aliphatic rings. The number of hydrogen-bond donors (Lipinski definition) is 2. The second-order valence-electron chi connectivity index (χ2n) is 6.53. The molecule has 0 saturated carbocycles. The SMILES string of the molecule is CN(C)CCNC(=O)c1ccc(Nc2ccccc2Oc2ccccc2)cn1. The second kappa shape index (κ2) is 9.53. The minimum atomic E-state index is -0.179. The Bertz CT molecular complexity index is 896. The number of nitrogens with one attached hydrogen (secondary N) is 2. The molecule has 0 spiro atoms. The van der Waals surface area contributed by atoms with Crippen LogP contribution in [0.25, 0.3) is 0 Å². The van der Waals surface area contributed by atoms with Crippen LogP contribution in [0.5, 0.6) is 11.5 Å². The minimum Gasteiger partial charge on any atom is -0.455 e. The Morgan fingerprint density at radius 1 is 1.00 bits per heavy atom. The molecule has 28 heavy (non-hydrogen) atoms. The first kappa shape index (κ1) is 19.4. The van der Waals surface area contributed by atoms with Crippen molar-refractivity contribution in [1.82, 2.24) is 15.2 Å². The van der Waals surface area contributed by atoms with Gasteiger partial charge < -0.3 is 20.3 Å². The summed E-state index contributed by atoms with van der Waals surface area (Å²) in [6.07, 6.45) is 1.64. The maximum Gasteiger partial charge on any atom is 0.269 e. The van der Waals surface area contributed by atoms with E-state index < -0.39 is 0 Å². The van der Waals surface area contributed by atoms with E-state index in [9.17, 15) is 4.79 Å². The number of benzene rings is 2. The molecule has 0 radical (unpaired) electrons. The summed E-state index contributed by atoms with van der Waals surface area (Å²) < 4.78 is 5.96. The third kappa shape index (κ3) is 5.56. The van der Waals surface area contributed by atoms with E-state index in [-0.39, 0.29) is 5.91 Å². The number of likely N-dealkylation sites (N-methyl/N-ethyl adjacent to an activating group) is 1. The summed E-state index contributed by atoms with van der Waals surface area (Å²) in [5, 5.41) is 6.14. The number of nitrogens with zero attached hydrogens (tertiary/aromatic N) is 2. The molecule has 0 unspecified atom stereocenters. The lowest BCUT2D eigenvalue weighted by Gasteiger charge is -2.13. The molecule has 6 nitrogen and oxygen atoms in total. The monoisotopic (exact) mass is 376 g/mol. The quantitative estimate of drug-likeness (QED) is 0.624. The summed E-state index contributed by atoms with van der Waals surface area (Å²) in [6.45, 7) is 1.36. The molecule has 0 aliphatic heterocycles. The van der Waals surface area contributed by atoms with Crippen molar-refractivity contribution in [2.75, 3.05) is 32.5 Å². The van der Waals surface area contributed by atoms with Crippen molar-refractivity contribution in [3.05, 3.63) is 78.6 Å². The summed E-state index contributed by atoms with van der Waals surface area (Å²) in [4.78, 5) is 18.4. The number of amides is 1. The van der Waals surface area contributed by atoms with Crippen LogP contribution in [0.1, 0.15) is 10.5 Å². The summed E-state index contributed by atoms with van der Waals surface area (Å²) in [5.74, 6) is 1.29. The van der Waals surface area contributed by atoms with Crippen LogP contribution in [0.3, 0.4) is 0 Å². The predicted octanol–water partition coefficient (Wildman–Crippen LogP) is 3.91. The molecule has 6 heteroatoms. The van der Waals surface area contributed by atoms with Gasteiger partial charge in [-0.05, 0) is 50.5 Å². The van der Waals surface area contributed by atoms with Gasteiger partial charge in [0, 0.05) is 13.1 Å². The van der Waals surface area contributed by atoms with Crippen molar-refractivity contribution in [3.63, 3.8) is 0 Å². The van der Waals surface area contributed by atoms with Gasteiger partial charge >= 0.3 is 0 Å². The topological polar surface area (TPSA) is 66.5 Å². The maximum absolute atomic E-state index is 12.1. The van der Waals surface area contributed by atoms with Crippen molar-refractivity contribution in [2.24, 2.45) is 0 Å². The molecule has 1 aromatic heterocycles. The number of ether oxygens (including phenoxy) is 1.